The summed E-state index contributed by atoms with van der Waals surface area (Å²) in [6.45, 7) is 11.1. The Hall–Kier alpha value is -1.68. The Bertz CT molecular complexity index is 881. The molecule has 8 heteroatoms. The number of rotatable bonds is 4. The minimum absolute atomic E-state index is 0. The molecule has 1 N–H and O–H groups in total. The Kier molecular flexibility index (Phi) is 8.10. The number of nitrogens with one attached hydrogen (secondary N) is 1. The number of benzene rings is 1. The average molecular weight is 524 g/mol. The molecular weight excluding hydrogens is 491 g/mol. The summed E-state index contributed by atoms with van der Waals surface area (Å²) in [6.07, 6.45) is 3.49. The number of aliphatic imine (C=N–C) groups is 1. The number of ether oxygens (including phenoxy) is 1. The van der Waals surface area contributed by atoms with Crippen molar-refractivity contribution >= 4 is 29.9 Å². The lowest BCUT2D eigenvalue weighted by Crippen LogP contribution is -2.48. The lowest BCUT2D eigenvalue weighted by molar-refractivity contribution is -0.00835. The molecular formula is C22H33IN6O. The zero-order chi connectivity index (χ0) is 20.2. The summed E-state index contributed by atoms with van der Waals surface area (Å²) in [5.74, 6) is 3.00. The van der Waals surface area contributed by atoms with Gasteiger partial charge in [-0.3, -0.25) is 0 Å². The zero-order valence-corrected chi connectivity index (χ0v) is 20.6. The van der Waals surface area contributed by atoms with Gasteiger partial charge in [0.25, 0.3) is 0 Å². The van der Waals surface area contributed by atoms with Gasteiger partial charge in [-0.05, 0) is 44.7 Å². The Balaban J connectivity index is 0.00000256. The van der Waals surface area contributed by atoms with E-state index in [1.165, 1.54) is 29.5 Å². The van der Waals surface area contributed by atoms with E-state index in [4.69, 9.17) is 9.73 Å². The molecule has 0 amide bonds. The van der Waals surface area contributed by atoms with Crippen molar-refractivity contribution in [2.45, 2.75) is 59.2 Å². The molecule has 1 aromatic carbocycles. The van der Waals surface area contributed by atoms with Crippen molar-refractivity contribution in [1.82, 2.24) is 25.0 Å². The van der Waals surface area contributed by atoms with Crippen LogP contribution in [0, 0.1) is 13.8 Å². The van der Waals surface area contributed by atoms with E-state index in [0.29, 0.717) is 13.2 Å². The molecule has 7 nitrogen and oxygen atoms in total. The third-order valence-corrected chi connectivity index (χ3v) is 5.78. The van der Waals surface area contributed by atoms with Gasteiger partial charge >= 0.3 is 0 Å². The van der Waals surface area contributed by atoms with Crippen molar-refractivity contribution in [1.29, 1.82) is 0 Å². The van der Waals surface area contributed by atoms with Crippen molar-refractivity contribution in [3.8, 4) is 0 Å². The summed E-state index contributed by atoms with van der Waals surface area (Å²) in [6, 6.07) is 6.59. The van der Waals surface area contributed by atoms with Crippen LogP contribution in [-0.4, -0.2) is 51.9 Å². The predicted molar refractivity (Wildman–Crippen MR) is 129 cm³/mol. The van der Waals surface area contributed by atoms with E-state index in [9.17, 15) is 0 Å². The molecule has 0 radical (unpaired) electrons. The van der Waals surface area contributed by atoms with Crippen LogP contribution in [0.1, 0.15) is 54.2 Å². The first-order valence-electron chi connectivity index (χ1n) is 10.8. The molecule has 2 aliphatic heterocycles. The number of hydrogen-bond donors (Lipinski definition) is 1. The summed E-state index contributed by atoms with van der Waals surface area (Å²) in [5, 5.41) is 12.2. The van der Waals surface area contributed by atoms with Crippen molar-refractivity contribution < 1.29 is 4.74 Å². The van der Waals surface area contributed by atoms with Gasteiger partial charge < -0.3 is 19.5 Å². The molecule has 1 unspecified atom stereocenters. The van der Waals surface area contributed by atoms with Crippen molar-refractivity contribution in [2.75, 3.05) is 26.2 Å². The van der Waals surface area contributed by atoms with Crippen LogP contribution in [0.15, 0.2) is 23.2 Å². The Morgan fingerprint density at radius 1 is 1.23 bits per heavy atom. The largest absolute Gasteiger partial charge is 0.370 e. The van der Waals surface area contributed by atoms with Gasteiger partial charge in [0.05, 0.1) is 13.2 Å². The van der Waals surface area contributed by atoms with Crippen molar-refractivity contribution in [2.24, 2.45) is 4.99 Å². The second-order valence-electron chi connectivity index (χ2n) is 7.98. The monoisotopic (exact) mass is 524 g/mol. The molecule has 2 aliphatic rings. The fraction of sp³-hybridized carbons (Fsp3) is 0.591. The molecule has 0 spiro atoms. The van der Waals surface area contributed by atoms with E-state index < -0.39 is 0 Å². The smallest absolute Gasteiger partial charge is 0.194 e. The highest BCUT2D eigenvalue weighted by molar-refractivity contribution is 14.0. The van der Waals surface area contributed by atoms with Crippen LogP contribution in [0.2, 0.25) is 0 Å². The van der Waals surface area contributed by atoms with Crippen LogP contribution >= 0.6 is 24.0 Å². The molecule has 3 heterocycles. The fourth-order valence-electron chi connectivity index (χ4n) is 4.27. The summed E-state index contributed by atoms with van der Waals surface area (Å²) in [7, 11) is 0. The molecule has 1 atom stereocenters. The first-order valence-corrected chi connectivity index (χ1v) is 10.8. The highest BCUT2D eigenvalue weighted by Crippen LogP contribution is 2.26. The van der Waals surface area contributed by atoms with Crippen LogP contribution in [-0.2, 0) is 24.2 Å². The number of aromatic nitrogens is 3. The standard InChI is InChI=1S/C22H32N6O.HI/c1-4-23-22(24-14-21-26-25-20-7-5-6-10-28(20)21)27-11-12-29-19(15-27)18-9-8-16(2)13-17(18)3;/h8-9,13,19H,4-7,10-12,14-15H2,1-3H3,(H,23,24);1H. The van der Waals surface area contributed by atoms with Gasteiger partial charge in [-0.25, -0.2) is 4.99 Å². The SMILES string of the molecule is CCNC(=NCc1nnc2n1CCCC2)N1CCOC(c2ccc(C)cc2C)C1.I. The molecule has 1 saturated heterocycles. The minimum atomic E-state index is 0. The Morgan fingerprint density at radius 3 is 2.90 bits per heavy atom. The first kappa shape index (κ1) is 23.0. The number of aryl methyl sites for hydroxylation is 3. The van der Waals surface area contributed by atoms with E-state index in [-0.39, 0.29) is 30.1 Å². The molecule has 1 aromatic heterocycles. The Labute approximate surface area is 196 Å². The van der Waals surface area contributed by atoms with Gasteiger partial charge in [-0.1, -0.05) is 23.8 Å². The molecule has 30 heavy (non-hydrogen) atoms. The second-order valence-corrected chi connectivity index (χ2v) is 7.98. The summed E-state index contributed by atoms with van der Waals surface area (Å²) >= 11 is 0. The van der Waals surface area contributed by atoms with E-state index in [1.807, 2.05) is 0 Å². The summed E-state index contributed by atoms with van der Waals surface area (Å²) < 4.78 is 8.36. The quantitative estimate of drug-likeness (QED) is 0.378. The predicted octanol–water partition coefficient (Wildman–Crippen LogP) is 3.39. The first-order chi connectivity index (χ1) is 14.2. The molecule has 0 bridgehead atoms. The molecule has 1 fully saturated rings. The minimum Gasteiger partial charge on any atom is -0.370 e. The van der Waals surface area contributed by atoms with Crippen LogP contribution in [0.3, 0.4) is 0 Å². The third kappa shape index (κ3) is 5.14. The van der Waals surface area contributed by atoms with Gasteiger partial charge in [0.1, 0.15) is 18.5 Å². The van der Waals surface area contributed by atoms with Crippen LogP contribution in [0.4, 0.5) is 0 Å². The van der Waals surface area contributed by atoms with Gasteiger partial charge in [0, 0.05) is 26.1 Å². The number of fused-ring (bicyclic) bond motifs is 1. The topological polar surface area (TPSA) is 67.6 Å². The van der Waals surface area contributed by atoms with E-state index in [0.717, 1.165) is 50.2 Å². The van der Waals surface area contributed by atoms with Crippen molar-refractivity contribution in [3.05, 3.63) is 46.5 Å². The van der Waals surface area contributed by atoms with Gasteiger partial charge in [-0.2, -0.15) is 0 Å². The van der Waals surface area contributed by atoms with Gasteiger partial charge in [0.2, 0.25) is 0 Å². The zero-order valence-electron chi connectivity index (χ0n) is 18.2. The highest BCUT2D eigenvalue weighted by Gasteiger charge is 2.25. The molecule has 0 aliphatic carbocycles. The number of halogens is 1. The molecule has 2 aromatic rings. The molecule has 164 valence electrons. The van der Waals surface area contributed by atoms with Crippen LogP contribution in [0.5, 0.6) is 0 Å². The van der Waals surface area contributed by atoms with E-state index in [2.05, 4.69) is 64.0 Å². The van der Waals surface area contributed by atoms with E-state index in [1.54, 1.807) is 0 Å². The van der Waals surface area contributed by atoms with E-state index >= 15 is 0 Å². The molecule has 0 saturated carbocycles. The third-order valence-electron chi connectivity index (χ3n) is 5.78. The highest BCUT2D eigenvalue weighted by atomic mass is 127. The summed E-state index contributed by atoms with van der Waals surface area (Å²) in [4.78, 5) is 7.21. The fourth-order valence-corrected chi connectivity index (χ4v) is 4.27. The Morgan fingerprint density at radius 2 is 2.10 bits per heavy atom. The second kappa shape index (κ2) is 10.6. The lowest BCUT2D eigenvalue weighted by atomic mass is 10.00. The summed E-state index contributed by atoms with van der Waals surface area (Å²) in [5.41, 5.74) is 3.84. The van der Waals surface area contributed by atoms with Crippen LogP contribution in [0.25, 0.3) is 0 Å². The van der Waals surface area contributed by atoms with Crippen molar-refractivity contribution in [3.63, 3.8) is 0 Å². The normalized spacial score (nSPS) is 19.2. The molecule has 4 rings (SSSR count). The lowest BCUT2D eigenvalue weighted by Gasteiger charge is -2.36. The van der Waals surface area contributed by atoms with Gasteiger partial charge in [-0.15, -0.1) is 34.2 Å². The number of nitrogens with zero attached hydrogens (tertiary/aromatic N) is 5. The number of guanidine groups is 1. The maximum absolute atomic E-state index is 6.12. The number of hydrogen-bond acceptors (Lipinski definition) is 4. The number of morpholine rings is 1. The average Bonchev–Trinajstić information content (AvgIpc) is 3.14. The van der Waals surface area contributed by atoms with Crippen LogP contribution < -0.4 is 5.32 Å². The maximum atomic E-state index is 6.12. The van der Waals surface area contributed by atoms with Gasteiger partial charge in [0.15, 0.2) is 11.8 Å². The maximum Gasteiger partial charge on any atom is 0.194 e.